The molecule has 2 rings (SSSR count). The van der Waals surface area contributed by atoms with E-state index in [9.17, 15) is 9.90 Å². The summed E-state index contributed by atoms with van der Waals surface area (Å²) in [5.41, 5.74) is -0.179. The molecule has 1 heterocycles. The highest BCUT2D eigenvalue weighted by molar-refractivity contribution is 5.83. The molecule has 3 unspecified atom stereocenters. The van der Waals surface area contributed by atoms with E-state index < -0.39 is 0 Å². The Balaban J connectivity index is 1.82. The van der Waals surface area contributed by atoms with Crippen molar-refractivity contribution in [3.8, 4) is 0 Å². The lowest BCUT2D eigenvalue weighted by Crippen LogP contribution is -2.44. The van der Waals surface area contributed by atoms with Crippen LogP contribution in [0.25, 0.3) is 0 Å². The number of carbonyl (C=O) groups excluding carboxylic acids is 1. The van der Waals surface area contributed by atoms with Crippen molar-refractivity contribution in [3.05, 3.63) is 0 Å². The lowest BCUT2D eigenvalue weighted by atomic mass is 9.81. The molecule has 4 nitrogen and oxygen atoms in total. The van der Waals surface area contributed by atoms with Gasteiger partial charge in [-0.2, -0.15) is 0 Å². The van der Waals surface area contributed by atoms with Crippen molar-refractivity contribution in [2.45, 2.75) is 58.0 Å². The van der Waals surface area contributed by atoms with E-state index in [2.05, 4.69) is 17.6 Å². The minimum absolute atomic E-state index is 0.159. The minimum atomic E-state index is -0.179. The lowest BCUT2D eigenvalue weighted by molar-refractivity contribution is -0.130. The van der Waals surface area contributed by atoms with E-state index in [0.717, 1.165) is 64.6 Å². The maximum atomic E-state index is 12.5. The van der Waals surface area contributed by atoms with Gasteiger partial charge in [-0.25, -0.2) is 0 Å². The van der Waals surface area contributed by atoms with Gasteiger partial charge in [-0.15, -0.1) is 0 Å². The van der Waals surface area contributed by atoms with Crippen LogP contribution in [0, 0.1) is 11.3 Å². The van der Waals surface area contributed by atoms with Crippen molar-refractivity contribution in [1.29, 1.82) is 0 Å². The number of aliphatic hydroxyl groups is 1. The summed E-state index contributed by atoms with van der Waals surface area (Å²) in [6, 6.07) is 0. The van der Waals surface area contributed by atoms with E-state index in [1.165, 1.54) is 0 Å². The smallest absolute Gasteiger partial charge is 0.227 e. The van der Waals surface area contributed by atoms with Crippen LogP contribution in [0.15, 0.2) is 0 Å². The van der Waals surface area contributed by atoms with E-state index >= 15 is 0 Å². The molecule has 1 amide bonds. The number of rotatable bonds is 5. The molecular formula is C15H28N2O2. The van der Waals surface area contributed by atoms with Crippen LogP contribution in [-0.2, 0) is 4.79 Å². The molecule has 4 heteroatoms. The summed E-state index contributed by atoms with van der Waals surface area (Å²) in [6.07, 6.45) is 6.82. The first-order chi connectivity index (χ1) is 9.16. The Hall–Kier alpha value is -0.610. The summed E-state index contributed by atoms with van der Waals surface area (Å²) in [5.74, 6) is 0.681. The maximum absolute atomic E-state index is 12.5. The van der Waals surface area contributed by atoms with Gasteiger partial charge in [0.15, 0.2) is 0 Å². The fraction of sp³-hybridized carbons (Fsp3) is 0.933. The maximum Gasteiger partial charge on any atom is 0.227 e. The highest BCUT2D eigenvalue weighted by Crippen LogP contribution is 2.31. The Kier molecular flexibility index (Phi) is 5.22. The van der Waals surface area contributed by atoms with E-state index in [1.54, 1.807) is 0 Å². The summed E-state index contributed by atoms with van der Waals surface area (Å²) in [5, 5.41) is 16.1. The number of aliphatic hydroxyl groups excluding tert-OH is 1. The third-order valence-corrected chi connectivity index (χ3v) is 4.76. The molecule has 2 aliphatic rings. The Labute approximate surface area is 116 Å². The average Bonchev–Trinajstić information content (AvgIpc) is 2.86. The van der Waals surface area contributed by atoms with Crippen molar-refractivity contribution >= 4 is 5.91 Å². The molecule has 1 saturated carbocycles. The predicted molar refractivity (Wildman–Crippen MR) is 75.8 cm³/mol. The van der Waals surface area contributed by atoms with Gasteiger partial charge in [0, 0.05) is 13.1 Å². The van der Waals surface area contributed by atoms with Crippen LogP contribution < -0.4 is 10.6 Å². The fourth-order valence-corrected chi connectivity index (χ4v) is 3.62. The van der Waals surface area contributed by atoms with Crippen LogP contribution >= 0.6 is 0 Å². The van der Waals surface area contributed by atoms with E-state index in [1.807, 2.05) is 0 Å². The lowest BCUT2D eigenvalue weighted by Gasteiger charge is -2.30. The second kappa shape index (κ2) is 6.71. The van der Waals surface area contributed by atoms with Crippen LogP contribution in [0.4, 0.5) is 0 Å². The molecule has 0 radical (unpaired) electrons. The van der Waals surface area contributed by atoms with E-state index in [4.69, 9.17) is 0 Å². The van der Waals surface area contributed by atoms with Gasteiger partial charge in [0.25, 0.3) is 0 Å². The molecule has 110 valence electrons. The number of hydrogen-bond acceptors (Lipinski definition) is 3. The van der Waals surface area contributed by atoms with E-state index in [0.29, 0.717) is 5.92 Å². The molecule has 0 aromatic rings. The zero-order valence-electron chi connectivity index (χ0n) is 12.1. The van der Waals surface area contributed by atoms with E-state index in [-0.39, 0.29) is 17.4 Å². The predicted octanol–water partition coefficient (Wildman–Crippen LogP) is 1.43. The van der Waals surface area contributed by atoms with Crippen LogP contribution in [-0.4, -0.2) is 36.8 Å². The molecule has 3 atom stereocenters. The molecule has 0 spiro atoms. The number of carbonyl (C=O) groups is 1. The van der Waals surface area contributed by atoms with Crippen molar-refractivity contribution in [2.24, 2.45) is 11.3 Å². The molecule has 0 aromatic heterocycles. The number of nitrogens with one attached hydrogen (secondary N) is 2. The molecule has 1 aliphatic heterocycles. The quantitative estimate of drug-likeness (QED) is 0.707. The molecular weight excluding hydrogens is 240 g/mol. The summed E-state index contributed by atoms with van der Waals surface area (Å²) in [4.78, 5) is 12.5. The average molecular weight is 268 g/mol. The van der Waals surface area contributed by atoms with Crippen molar-refractivity contribution < 1.29 is 9.90 Å². The number of hydrogen-bond donors (Lipinski definition) is 3. The Morgan fingerprint density at radius 1 is 1.47 bits per heavy atom. The molecule has 3 N–H and O–H groups in total. The topological polar surface area (TPSA) is 61.4 Å². The van der Waals surface area contributed by atoms with Crippen LogP contribution in [0.2, 0.25) is 0 Å². The molecule has 1 aliphatic carbocycles. The SMILES string of the molecule is CCCC1(C(=O)NCC2CCCC(O)C2)CCNC1. The molecule has 1 saturated heterocycles. The minimum Gasteiger partial charge on any atom is -0.393 e. The van der Waals surface area contributed by atoms with Gasteiger partial charge in [-0.05, 0) is 44.6 Å². The first-order valence-electron chi connectivity index (χ1n) is 7.83. The Bertz CT molecular complexity index is 301. The summed E-state index contributed by atoms with van der Waals surface area (Å²) < 4.78 is 0. The number of amides is 1. The van der Waals surface area contributed by atoms with Crippen molar-refractivity contribution in [1.82, 2.24) is 10.6 Å². The van der Waals surface area contributed by atoms with Crippen LogP contribution in [0.3, 0.4) is 0 Å². The van der Waals surface area contributed by atoms with Gasteiger partial charge in [0.05, 0.1) is 11.5 Å². The van der Waals surface area contributed by atoms with Crippen molar-refractivity contribution in [2.75, 3.05) is 19.6 Å². The Morgan fingerprint density at radius 3 is 2.95 bits per heavy atom. The summed E-state index contributed by atoms with van der Waals surface area (Å²) >= 11 is 0. The molecule has 0 aromatic carbocycles. The van der Waals surface area contributed by atoms with Crippen LogP contribution in [0.5, 0.6) is 0 Å². The standard InChI is InChI=1S/C15H28N2O2/c1-2-6-15(7-8-16-11-15)14(19)17-10-12-4-3-5-13(18)9-12/h12-13,16,18H,2-11H2,1H3,(H,17,19). The molecule has 2 fully saturated rings. The van der Waals surface area contributed by atoms with Gasteiger partial charge in [-0.3, -0.25) is 4.79 Å². The second-order valence-corrected chi connectivity index (χ2v) is 6.35. The van der Waals surface area contributed by atoms with Gasteiger partial charge in [0.1, 0.15) is 0 Å². The first kappa shape index (κ1) is 14.8. The van der Waals surface area contributed by atoms with Crippen molar-refractivity contribution in [3.63, 3.8) is 0 Å². The highest BCUT2D eigenvalue weighted by Gasteiger charge is 2.40. The van der Waals surface area contributed by atoms with Gasteiger partial charge in [0.2, 0.25) is 5.91 Å². The largest absolute Gasteiger partial charge is 0.393 e. The zero-order valence-corrected chi connectivity index (χ0v) is 12.1. The highest BCUT2D eigenvalue weighted by atomic mass is 16.3. The van der Waals surface area contributed by atoms with Gasteiger partial charge in [-0.1, -0.05) is 19.8 Å². The fourth-order valence-electron chi connectivity index (χ4n) is 3.62. The van der Waals surface area contributed by atoms with Crippen LogP contribution in [0.1, 0.15) is 51.9 Å². The monoisotopic (exact) mass is 268 g/mol. The Morgan fingerprint density at radius 2 is 2.32 bits per heavy atom. The second-order valence-electron chi connectivity index (χ2n) is 6.35. The van der Waals surface area contributed by atoms with Gasteiger partial charge < -0.3 is 15.7 Å². The third kappa shape index (κ3) is 3.69. The summed E-state index contributed by atoms with van der Waals surface area (Å²) in [6.45, 7) is 4.65. The van der Waals surface area contributed by atoms with Gasteiger partial charge >= 0.3 is 0 Å². The molecule has 0 bridgehead atoms. The summed E-state index contributed by atoms with van der Waals surface area (Å²) in [7, 11) is 0. The zero-order chi connectivity index (χ0) is 13.7. The molecule has 19 heavy (non-hydrogen) atoms. The third-order valence-electron chi connectivity index (χ3n) is 4.76. The normalized spacial score (nSPS) is 35.3. The first-order valence-corrected chi connectivity index (χ1v) is 7.83.